The summed E-state index contributed by atoms with van der Waals surface area (Å²) in [5.74, 6) is 0. The first-order chi connectivity index (χ1) is 7.36. The van der Waals surface area contributed by atoms with Crippen molar-refractivity contribution in [3.05, 3.63) is 17.8 Å². The Morgan fingerprint density at radius 1 is 1.19 bits per heavy atom. The molecule has 0 atom stereocenters. The SMILES string of the molecule is CCc1c[nH]c(B2OC(C)(C)C(C)(C)O2)c1. The van der Waals surface area contributed by atoms with Gasteiger partial charge >= 0.3 is 7.12 Å². The van der Waals surface area contributed by atoms with Gasteiger partial charge < -0.3 is 14.3 Å². The summed E-state index contributed by atoms with van der Waals surface area (Å²) >= 11 is 0. The molecule has 3 nitrogen and oxygen atoms in total. The van der Waals surface area contributed by atoms with E-state index >= 15 is 0 Å². The van der Waals surface area contributed by atoms with Crippen LogP contribution in [0.2, 0.25) is 0 Å². The van der Waals surface area contributed by atoms with E-state index in [0.29, 0.717) is 0 Å². The summed E-state index contributed by atoms with van der Waals surface area (Å²) in [6, 6.07) is 2.11. The molecule has 0 aromatic carbocycles. The van der Waals surface area contributed by atoms with Crippen molar-refractivity contribution in [1.82, 2.24) is 4.98 Å². The summed E-state index contributed by atoms with van der Waals surface area (Å²) in [7, 11) is -0.273. The van der Waals surface area contributed by atoms with E-state index in [1.807, 2.05) is 6.20 Å². The molecule has 16 heavy (non-hydrogen) atoms. The highest BCUT2D eigenvalue weighted by atomic mass is 16.7. The van der Waals surface area contributed by atoms with Crippen molar-refractivity contribution in [3.63, 3.8) is 0 Å². The van der Waals surface area contributed by atoms with Crippen molar-refractivity contribution in [2.45, 2.75) is 52.2 Å². The highest BCUT2D eigenvalue weighted by Gasteiger charge is 2.52. The maximum Gasteiger partial charge on any atom is 0.512 e. The first kappa shape index (κ1) is 11.7. The van der Waals surface area contributed by atoms with E-state index in [2.05, 4.69) is 45.7 Å². The molecular weight excluding hydrogens is 201 g/mol. The minimum Gasteiger partial charge on any atom is -0.398 e. The van der Waals surface area contributed by atoms with Gasteiger partial charge in [-0.15, -0.1) is 0 Å². The lowest BCUT2D eigenvalue weighted by Crippen LogP contribution is -2.41. The van der Waals surface area contributed by atoms with Crippen molar-refractivity contribution < 1.29 is 9.31 Å². The van der Waals surface area contributed by atoms with E-state index in [1.54, 1.807) is 0 Å². The molecule has 0 unspecified atom stereocenters. The number of hydrogen-bond donors (Lipinski definition) is 1. The van der Waals surface area contributed by atoms with Crippen LogP contribution in [0.1, 0.15) is 40.2 Å². The summed E-state index contributed by atoms with van der Waals surface area (Å²) in [5.41, 5.74) is 1.75. The van der Waals surface area contributed by atoms with Crippen molar-refractivity contribution in [3.8, 4) is 0 Å². The number of hydrogen-bond acceptors (Lipinski definition) is 2. The Labute approximate surface area is 97.7 Å². The van der Waals surface area contributed by atoms with Crippen LogP contribution >= 0.6 is 0 Å². The van der Waals surface area contributed by atoms with E-state index in [1.165, 1.54) is 5.56 Å². The molecule has 0 radical (unpaired) electrons. The topological polar surface area (TPSA) is 34.2 Å². The lowest BCUT2D eigenvalue weighted by atomic mass is 9.85. The lowest BCUT2D eigenvalue weighted by molar-refractivity contribution is 0.00578. The number of aromatic amines is 1. The van der Waals surface area contributed by atoms with Gasteiger partial charge in [0, 0.05) is 11.8 Å². The Kier molecular flexibility index (Phi) is 2.67. The van der Waals surface area contributed by atoms with Crippen LogP contribution in [0.5, 0.6) is 0 Å². The molecule has 2 heterocycles. The Morgan fingerprint density at radius 3 is 2.19 bits per heavy atom. The van der Waals surface area contributed by atoms with Crippen molar-refractivity contribution in [1.29, 1.82) is 0 Å². The van der Waals surface area contributed by atoms with Crippen molar-refractivity contribution in [2.24, 2.45) is 0 Å². The summed E-state index contributed by atoms with van der Waals surface area (Å²) < 4.78 is 11.9. The molecule has 1 fully saturated rings. The van der Waals surface area contributed by atoms with Gasteiger partial charge in [0.15, 0.2) is 0 Å². The standard InChI is InChI=1S/C12H20BNO2/c1-6-9-7-10(14-8-9)13-15-11(2,3)12(4,5)16-13/h7-8,14H,6H2,1-5H3. The summed E-state index contributed by atoms with van der Waals surface area (Å²) in [5, 5.41) is 0. The quantitative estimate of drug-likeness (QED) is 0.773. The molecule has 1 aromatic heterocycles. The molecule has 88 valence electrons. The van der Waals surface area contributed by atoms with E-state index < -0.39 is 0 Å². The zero-order valence-corrected chi connectivity index (χ0v) is 10.8. The van der Waals surface area contributed by atoms with E-state index in [4.69, 9.17) is 9.31 Å². The second kappa shape index (κ2) is 3.64. The maximum atomic E-state index is 5.95. The predicted octanol–water partition coefficient (Wildman–Crippen LogP) is 1.88. The molecule has 2 rings (SSSR count). The molecule has 4 heteroatoms. The third-order valence-corrected chi connectivity index (χ3v) is 3.68. The first-order valence-electron chi connectivity index (χ1n) is 5.88. The Morgan fingerprint density at radius 2 is 1.75 bits per heavy atom. The normalized spacial score (nSPS) is 22.7. The molecule has 0 spiro atoms. The molecule has 1 aliphatic heterocycles. The second-order valence-corrected chi connectivity index (χ2v) is 5.41. The van der Waals surface area contributed by atoms with Crippen LogP contribution < -0.4 is 5.59 Å². The van der Waals surface area contributed by atoms with E-state index in [9.17, 15) is 0 Å². The van der Waals surface area contributed by atoms with Gasteiger partial charge in [0.25, 0.3) is 0 Å². The Balaban J connectivity index is 2.20. The molecule has 1 N–H and O–H groups in total. The van der Waals surface area contributed by atoms with Crippen LogP contribution in [0, 0.1) is 0 Å². The van der Waals surface area contributed by atoms with Crippen LogP contribution in [-0.2, 0) is 15.7 Å². The van der Waals surface area contributed by atoms with Gasteiger partial charge in [0.2, 0.25) is 0 Å². The van der Waals surface area contributed by atoms with Crippen LogP contribution in [0.25, 0.3) is 0 Å². The highest BCUT2D eigenvalue weighted by Crippen LogP contribution is 2.36. The van der Waals surface area contributed by atoms with Crippen molar-refractivity contribution >= 4 is 12.7 Å². The van der Waals surface area contributed by atoms with Crippen LogP contribution in [0.3, 0.4) is 0 Å². The van der Waals surface area contributed by atoms with Gasteiger partial charge in [-0.25, -0.2) is 0 Å². The van der Waals surface area contributed by atoms with Gasteiger partial charge in [-0.05, 0) is 45.7 Å². The van der Waals surface area contributed by atoms with Gasteiger partial charge in [-0.2, -0.15) is 0 Å². The van der Waals surface area contributed by atoms with Crippen LogP contribution in [0.4, 0.5) is 0 Å². The molecule has 1 saturated heterocycles. The van der Waals surface area contributed by atoms with Crippen molar-refractivity contribution in [2.75, 3.05) is 0 Å². The molecule has 0 aliphatic carbocycles. The zero-order chi connectivity index (χ0) is 12.0. The fourth-order valence-corrected chi connectivity index (χ4v) is 1.77. The zero-order valence-electron chi connectivity index (χ0n) is 10.8. The molecule has 1 aromatic rings. The average molecular weight is 221 g/mol. The number of H-pyrrole nitrogens is 1. The monoisotopic (exact) mass is 221 g/mol. The van der Waals surface area contributed by atoms with Gasteiger partial charge in [0.05, 0.1) is 11.2 Å². The molecule has 0 bridgehead atoms. The third kappa shape index (κ3) is 1.80. The highest BCUT2D eigenvalue weighted by molar-refractivity contribution is 6.61. The smallest absolute Gasteiger partial charge is 0.398 e. The first-order valence-corrected chi connectivity index (χ1v) is 5.88. The second-order valence-electron chi connectivity index (χ2n) is 5.41. The number of aromatic nitrogens is 1. The van der Waals surface area contributed by atoms with Gasteiger partial charge in [-0.3, -0.25) is 0 Å². The summed E-state index contributed by atoms with van der Waals surface area (Å²) in [4.78, 5) is 3.22. The predicted molar refractivity (Wildman–Crippen MR) is 65.9 cm³/mol. The Bertz CT molecular complexity index is 368. The minimum absolute atomic E-state index is 0.269. The third-order valence-electron chi connectivity index (χ3n) is 3.68. The van der Waals surface area contributed by atoms with E-state index in [0.717, 1.165) is 12.0 Å². The molecule has 1 aliphatic rings. The van der Waals surface area contributed by atoms with Gasteiger partial charge in [-0.1, -0.05) is 6.92 Å². The fraction of sp³-hybridized carbons (Fsp3) is 0.667. The number of rotatable bonds is 2. The Hall–Kier alpha value is -0.735. The largest absolute Gasteiger partial charge is 0.512 e. The summed E-state index contributed by atoms with van der Waals surface area (Å²) in [6.45, 7) is 10.4. The molecule has 0 saturated carbocycles. The molecular formula is C12H20BNO2. The van der Waals surface area contributed by atoms with Crippen LogP contribution in [-0.4, -0.2) is 23.3 Å². The lowest BCUT2D eigenvalue weighted by Gasteiger charge is -2.32. The average Bonchev–Trinajstić information content (AvgIpc) is 2.70. The fourth-order valence-electron chi connectivity index (χ4n) is 1.77. The summed E-state index contributed by atoms with van der Waals surface area (Å²) in [6.07, 6.45) is 3.04. The number of aryl methyl sites for hydroxylation is 1. The van der Waals surface area contributed by atoms with Crippen LogP contribution in [0.15, 0.2) is 12.3 Å². The van der Waals surface area contributed by atoms with Gasteiger partial charge in [0.1, 0.15) is 0 Å². The maximum absolute atomic E-state index is 5.95. The number of nitrogens with one attached hydrogen (secondary N) is 1. The molecule has 0 amide bonds. The van der Waals surface area contributed by atoms with E-state index in [-0.39, 0.29) is 18.3 Å². The minimum atomic E-state index is -0.273.